The van der Waals surface area contributed by atoms with E-state index in [1.54, 1.807) is 0 Å². The molecule has 0 saturated carbocycles. The van der Waals surface area contributed by atoms with Crippen LogP contribution in [-0.4, -0.2) is 53.8 Å². The van der Waals surface area contributed by atoms with Crippen LogP contribution in [0, 0.1) is 0 Å². The molecule has 0 radical (unpaired) electrons. The smallest absolute Gasteiger partial charge is 0.323 e. The summed E-state index contributed by atoms with van der Waals surface area (Å²) < 4.78 is 10.3. The molecule has 9 heteroatoms. The van der Waals surface area contributed by atoms with Gasteiger partial charge in [0.15, 0.2) is 0 Å². The molecule has 0 unspecified atom stereocenters. The van der Waals surface area contributed by atoms with Gasteiger partial charge < -0.3 is 25.8 Å². The number of aromatic nitrogens is 3. The van der Waals surface area contributed by atoms with Crippen molar-refractivity contribution in [3.8, 4) is 6.01 Å². The van der Waals surface area contributed by atoms with Gasteiger partial charge in [-0.1, -0.05) is 0 Å². The molecule has 0 aliphatic carbocycles. The van der Waals surface area contributed by atoms with E-state index in [4.69, 9.17) is 15.2 Å². The van der Waals surface area contributed by atoms with Gasteiger partial charge in [-0.15, -0.1) is 0 Å². The van der Waals surface area contributed by atoms with E-state index in [0.717, 1.165) is 0 Å². The molecule has 0 saturated heterocycles. The van der Waals surface area contributed by atoms with Gasteiger partial charge in [0.2, 0.25) is 17.8 Å². The number of rotatable bonds is 10. The standard InChI is InChI=1S/C11H20N6O3/c1-3-13-9-15-10(17-11(16-9)20-4-2)14-5-6-19-7-8(12)18/h3-7H2,1-2H3,(H2,12,18)(H2,13,14,15,16,17). The largest absolute Gasteiger partial charge is 0.464 e. The number of ether oxygens (including phenoxy) is 2. The summed E-state index contributed by atoms with van der Waals surface area (Å²) in [6, 6.07) is 0.249. The molecule has 1 aromatic heterocycles. The minimum absolute atomic E-state index is 0.105. The maximum Gasteiger partial charge on any atom is 0.323 e. The number of nitrogens with two attached hydrogens (primary N) is 1. The van der Waals surface area contributed by atoms with Crippen LogP contribution in [0.5, 0.6) is 6.01 Å². The molecule has 1 rings (SSSR count). The van der Waals surface area contributed by atoms with Crippen LogP contribution < -0.4 is 21.1 Å². The Kier molecular flexibility index (Phi) is 7.04. The zero-order chi connectivity index (χ0) is 14.8. The Hall–Kier alpha value is -2.16. The molecule has 0 fully saturated rings. The van der Waals surface area contributed by atoms with Crippen molar-refractivity contribution in [1.29, 1.82) is 0 Å². The van der Waals surface area contributed by atoms with E-state index >= 15 is 0 Å². The van der Waals surface area contributed by atoms with Gasteiger partial charge in [0, 0.05) is 13.1 Å². The highest BCUT2D eigenvalue weighted by molar-refractivity contribution is 5.74. The molecule has 0 atom stereocenters. The summed E-state index contributed by atoms with van der Waals surface area (Å²) in [5, 5.41) is 5.95. The van der Waals surface area contributed by atoms with E-state index in [-0.39, 0.29) is 12.6 Å². The Balaban J connectivity index is 2.52. The Bertz CT molecular complexity index is 404. The maximum absolute atomic E-state index is 10.5. The summed E-state index contributed by atoms with van der Waals surface area (Å²) in [7, 11) is 0. The summed E-state index contributed by atoms with van der Waals surface area (Å²) in [4.78, 5) is 22.8. The SMILES string of the molecule is CCNc1nc(NCCOCC(N)=O)nc(OCC)n1. The van der Waals surface area contributed by atoms with Crippen LogP contribution in [0.25, 0.3) is 0 Å². The number of amides is 1. The molecule has 1 amide bonds. The highest BCUT2D eigenvalue weighted by atomic mass is 16.5. The van der Waals surface area contributed by atoms with Crippen molar-refractivity contribution >= 4 is 17.8 Å². The number of anilines is 2. The zero-order valence-corrected chi connectivity index (χ0v) is 11.7. The van der Waals surface area contributed by atoms with Crippen LogP contribution in [0.4, 0.5) is 11.9 Å². The van der Waals surface area contributed by atoms with Gasteiger partial charge in [0.05, 0.1) is 13.2 Å². The molecular formula is C11H20N6O3. The first-order valence-electron chi connectivity index (χ1n) is 6.38. The lowest BCUT2D eigenvalue weighted by atomic mass is 10.6. The predicted octanol–water partition coefficient (Wildman–Crippen LogP) is -0.384. The Morgan fingerprint density at radius 2 is 1.90 bits per heavy atom. The monoisotopic (exact) mass is 284 g/mol. The minimum atomic E-state index is -0.502. The molecule has 0 aliphatic rings. The molecule has 112 valence electrons. The van der Waals surface area contributed by atoms with Crippen LogP contribution in [0.3, 0.4) is 0 Å². The molecule has 20 heavy (non-hydrogen) atoms. The van der Waals surface area contributed by atoms with E-state index in [2.05, 4.69) is 25.6 Å². The van der Waals surface area contributed by atoms with E-state index in [0.29, 0.717) is 38.2 Å². The number of carbonyl (C=O) groups is 1. The van der Waals surface area contributed by atoms with E-state index in [1.165, 1.54) is 0 Å². The van der Waals surface area contributed by atoms with Crippen LogP contribution in [-0.2, 0) is 9.53 Å². The first kappa shape index (κ1) is 15.9. The second-order valence-corrected chi connectivity index (χ2v) is 3.67. The third-order valence-electron chi connectivity index (χ3n) is 2.00. The van der Waals surface area contributed by atoms with Crippen molar-refractivity contribution in [2.24, 2.45) is 5.73 Å². The Morgan fingerprint density at radius 1 is 1.20 bits per heavy atom. The van der Waals surface area contributed by atoms with Crippen molar-refractivity contribution in [2.75, 3.05) is 43.5 Å². The zero-order valence-electron chi connectivity index (χ0n) is 11.7. The van der Waals surface area contributed by atoms with Gasteiger partial charge in [-0.2, -0.15) is 15.0 Å². The van der Waals surface area contributed by atoms with Crippen LogP contribution in [0.2, 0.25) is 0 Å². The topological polar surface area (TPSA) is 124 Å². The Morgan fingerprint density at radius 3 is 2.50 bits per heavy atom. The predicted molar refractivity (Wildman–Crippen MR) is 73.7 cm³/mol. The molecule has 0 aromatic carbocycles. The first-order chi connectivity index (χ1) is 9.65. The Labute approximate surface area is 117 Å². The summed E-state index contributed by atoms with van der Waals surface area (Å²) in [6.07, 6.45) is 0. The molecule has 0 spiro atoms. The average molecular weight is 284 g/mol. The highest BCUT2D eigenvalue weighted by Gasteiger charge is 2.06. The average Bonchev–Trinajstić information content (AvgIpc) is 2.38. The van der Waals surface area contributed by atoms with Gasteiger partial charge in [0.1, 0.15) is 6.61 Å². The van der Waals surface area contributed by atoms with Gasteiger partial charge in [-0.05, 0) is 13.8 Å². The fourth-order valence-electron chi connectivity index (χ4n) is 1.27. The molecule has 4 N–H and O–H groups in total. The first-order valence-corrected chi connectivity index (χ1v) is 6.38. The molecule has 9 nitrogen and oxygen atoms in total. The van der Waals surface area contributed by atoms with Crippen molar-refractivity contribution < 1.29 is 14.3 Å². The lowest BCUT2D eigenvalue weighted by molar-refractivity contribution is -0.122. The van der Waals surface area contributed by atoms with Crippen molar-refractivity contribution in [2.45, 2.75) is 13.8 Å². The van der Waals surface area contributed by atoms with Gasteiger partial charge >= 0.3 is 6.01 Å². The van der Waals surface area contributed by atoms with Crippen molar-refractivity contribution in [3.63, 3.8) is 0 Å². The number of nitrogens with one attached hydrogen (secondary N) is 2. The normalized spacial score (nSPS) is 10.1. The van der Waals surface area contributed by atoms with E-state index < -0.39 is 5.91 Å². The fourth-order valence-corrected chi connectivity index (χ4v) is 1.27. The quantitative estimate of drug-likeness (QED) is 0.496. The summed E-state index contributed by atoms with van der Waals surface area (Å²) in [5.41, 5.74) is 4.95. The lowest BCUT2D eigenvalue weighted by Crippen LogP contribution is -2.21. The number of carbonyl (C=O) groups excluding carboxylic acids is 1. The second-order valence-electron chi connectivity index (χ2n) is 3.67. The lowest BCUT2D eigenvalue weighted by Gasteiger charge is -2.09. The third-order valence-corrected chi connectivity index (χ3v) is 2.00. The number of nitrogens with zero attached hydrogens (tertiary/aromatic N) is 3. The minimum Gasteiger partial charge on any atom is -0.464 e. The third kappa shape index (κ3) is 6.14. The molecular weight excluding hydrogens is 264 g/mol. The van der Waals surface area contributed by atoms with Crippen LogP contribution in [0.1, 0.15) is 13.8 Å². The van der Waals surface area contributed by atoms with Crippen molar-refractivity contribution in [3.05, 3.63) is 0 Å². The van der Waals surface area contributed by atoms with E-state index in [9.17, 15) is 4.79 Å². The van der Waals surface area contributed by atoms with Crippen LogP contribution in [0.15, 0.2) is 0 Å². The molecule has 0 bridgehead atoms. The van der Waals surface area contributed by atoms with Crippen molar-refractivity contribution in [1.82, 2.24) is 15.0 Å². The number of hydrogen-bond donors (Lipinski definition) is 3. The summed E-state index contributed by atoms with van der Waals surface area (Å²) in [5.74, 6) is 0.312. The van der Waals surface area contributed by atoms with Gasteiger partial charge in [0.25, 0.3) is 0 Å². The fraction of sp³-hybridized carbons (Fsp3) is 0.636. The molecule has 1 aromatic rings. The van der Waals surface area contributed by atoms with Gasteiger partial charge in [-0.25, -0.2) is 0 Å². The number of hydrogen-bond acceptors (Lipinski definition) is 8. The molecule has 1 heterocycles. The summed E-state index contributed by atoms with van der Waals surface area (Å²) >= 11 is 0. The summed E-state index contributed by atoms with van der Waals surface area (Å²) in [6.45, 7) is 5.60. The highest BCUT2D eigenvalue weighted by Crippen LogP contribution is 2.10. The molecule has 0 aliphatic heterocycles. The maximum atomic E-state index is 10.5. The van der Waals surface area contributed by atoms with Crippen LogP contribution >= 0.6 is 0 Å². The van der Waals surface area contributed by atoms with E-state index in [1.807, 2.05) is 13.8 Å². The number of primary amides is 1. The van der Waals surface area contributed by atoms with Gasteiger partial charge in [-0.3, -0.25) is 4.79 Å². The second kappa shape index (κ2) is 8.86.